The molecule has 3 aromatic rings. The molecule has 1 amide bonds. The predicted octanol–water partition coefficient (Wildman–Crippen LogP) is 4.27. The van der Waals surface area contributed by atoms with Crippen LogP contribution in [-0.4, -0.2) is 35.5 Å². The lowest BCUT2D eigenvalue weighted by atomic mass is 9.89. The molecule has 1 atom stereocenters. The molecule has 1 aliphatic rings. The lowest BCUT2D eigenvalue weighted by Gasteiger charge is -2.16. The molecule has 32 heavy (non-hydrogen) atoms. The van der Waals surface area contributed by atoms with Crippen molar-refractivity contribution in [3.05, 3.63) is 71.0 Å². The summed E-state index contributed by atoms with van der Waals surface area (Å²) < 4.78 is 10.5. The SMILES string of the molecule is CCOC(=O)c1c(NC(=O)C(C)OC(=O)c2cccnc2)sc2c1CCc1ccccc1-2. The largest absolute Gasteiger partial charge is 0.462 e. The van der Waals surface area contributed by atoms with Gasteiger partial charge in [-0.1, -0.05) is 24.3 Å². The van der Waals surface area contributed by atoms with E-state index in [0.717, 1.165) is 22.4 Å². The molecule has 0 fully saturated rings. The van der Waals surface area contributed by atoms with Crippen molar-refractivity contribution in [2.45, 2.75) is 32.8 Å². The number of fused-ring (bicyclic) bond motifs is 3. The second-order valence-electron chi connectivity index (χ2n) is 7.27. The summed E-state index contributed by atoms with van der Waals surface area (Å²) in [5, 5.41) is 3.18. The first kappa shape index (κ1) is 21.7. The first-order valence-electron chi connectivity index (χ1n) is 10.3. The Morgan fingerprint density at radius 1 is 1.12 bits per heavy atom. The summed E-state index contributed by atoms with van der Waals surface area (Å²) in [6.45, 7) is 3.45. The van der Waals surface area contributed by atoms with E-state index in [1.807, 2.05) is 18.2 Å². The highest BCUT2D eigenvalue weighted by Gasteiger charge is 2.30. The highest BCUT2D eigenvalue weighted by Crippen LogP contribution is 2.45. The van der Waals surface area contributed by atoms with Crippen LogP contribution >= 0.6 is 11.3 Å². The van der Waals surface area contributed by atoms with Crippen LogP contribution < -0.4 is 5.32 Å². The van der Waals surface area contributed by atoms with E-state index >= 15 is 0 Å². The van der Waals surface area contributed by atoms with Gasteiger partial charge in [0.1, 0.15) is 5.00 Å². The maximum atomic E-state index is 12.8. The van der Waals surface area contributed by atoms with Crippen molar-refractivity contribution in [3.63, 3.8) is 0 Å². The van der Waals surface area contributed by atoms with Gasteiger partial charge in [-0.15, -0.1) is 11.3 Å². The molecule has 8 heteroatoms. The molecule has 0 radical (unpaired) electrons. The first-order chi connectivity index (χ1) is 15.5. The van der Waals surface area contributed by atoms with Gasteiger partial charge in [-0.2, -0.15) is 0 Å². The summed E-state index contributed by atoms with van der Waals surface area (Å²) in [6, 6.07) is 11.2. The van der Waals surface area contributed by atoms with Gasteiger partial charge in [-0.25, -0.2) is 9.59 Å². The van der Waals surface area contributed by atoms with Crippen molar-refractivity contribution < 1.29 is 23.9 Å². The van der Waals surface area contributed by atoms with Gasteiger partial charge in [0.15, 0.2) is 6.10 Å². The van der Waals surface area contributed by atoms with E-state index in [0.29, 0.717) is 17.0 Å². The molecular formula is C24H22N2O5S. The van der Waals surface area contributed by atoms with E-state index in [4.69, 9.17) is 9.47 Å². The topological polar surface area (TPSA) is 94.6 Å². The maximum Gasteiger partial charge on any atom is 0.341 e. The van der Waals surface area contributed by atoms with Gasteiger partial charge >= 0.3 is 11.9 Å². The average Bonchev–Trinajstić information content (AvgIpc) is 3.18. The number of benzene rings is 1. The number of aryl methyl sites for hydroxylation is 1. The lowest BCUT2D eigenvalue weighted by molar-refractivity contribution is -0.123. The third kappa shape index (κ3) is 4.27. The average molecular weight is 451 g/mol. The molecule has 164 valence electrons. The standard InChI is InChI=1S/C24H22N2O5S/c1-3-30-24(29)19-18-11-10-15-7-4-5-9-17(15)20(18)32-22(19)26-21(27)14(2)31-23(28)16-8-6-12-25-13-16/h4-9,12-14H,3,10-11H2,1-2H3,(H,26,27). The number of pyridine rings is 1. The number of aromatic nitrogens is 1. The Labute approximate surface area is 189 Å². The van der Waals surface area contributed by atoms with Crippen molar-refractivity contribution in [2.75, 3.05) is 11.9 Å². The van der Waals surface area contributed by atoms with E-state index in [-0.39, 0.29) is 12.2 Å². The number of esters is 2. The number of nitrogens with zero attached hydrogens (tertiary/aromatic N) is 1. The van der Waals surface area contributed by atoms with Gasteiger partial charge in [0.25, 0.3) is 5.91 Å². The van der Waals surface area contributed by atoms with Crippen LogP contribution in [0.5, 0.6) is 0 Å². The molecule has 0 saturated heterocycles. The Hall–Kier alpha value is -3.52. The molecule has 7 nitrogen and oxygen atoms in total. The smallest absolute Gasteiger partial charge is 0.341 e. The number of carbonyl (C=O) groups is 3. The van der Waals surface area contributed by atoms with Crippen LogP contribution in [-0.2, 0) is 27.1 Å². The van der Waals surface area contributed by atoms with Gasteiger partial charge in [0, 0.05) is 17.3 Å². The first-order valence-corrected chi connectivity index (χ1v) is 11.1. The number of hydrogen-bond donors (Lipinski definition) is 1. The van der Waals surface area contributed by atoms with Gasteiger partial charge < -0.3 is 14.8 Å². The van der Waals surface area contributed by atoms with Crippen molar-refractivity contribution in [1.29, 1.82) is 0 Å². The van der Waals surface area contributed by atoms with Crippen LogP contribution in [0.2, 0.25) is 0 Å². The summed E-state index contributed by atoms with van der Waals surface area (Å²) in [5.74, 6) is -1.65. The number of anilines is 1. The van der Waals surface area contributed by atoms with Crippen molar-refractivity contribution in [2.24, 2.45) is 0 Å². The number of rotatable bonds is 6. The maximum absolute atomic E-state index is 12.8. The minimum Gasteiger partial charge on any atom is -0.462 e. The molecule has 0 bridgehead atoms. The van der Waals surface area contributed by atoms with Crippen molar-refractivity contribution in [3.8, 4) is 10.4 Å². The molecule has 0 saturated carbocycles. The van der Waals surface area contributed by atoms with Crippen LogP contribution in [0.25, 0.3) is 10.4 Å². The van der Waals surface area contributed by atoms with Crippen LogP contribution in [0.15, 0.2) is 48.8 Å². The summed E-state index contributed by atoms with van der Waals surface area (Å²) in [5.41, 5.74) is 3.76. The Kier molecular flexibility index (Phi) is 6.32. The normalized spacial score (nSPS) is 12.8. The number of thiophene rings is 1. The Morgan fingerprint density at radius 3 is 2.69 bits per heavy atom. The van der Waals surface area contributed by atoms with E-state index in [9.17, 15) is 14.4 Å². The molecule has 1 N–H and O–H groups in total. The third-order valence-electron chi connectivity index (χ3n) is 5.18. The molecule has 1 aromatic carbocycles. The molecule has 1 aliphatic carbocycles. The van der Waals surface area contributed by atoms with Crippen LogP contribution in [0, 0.1) is 0 Å². The zero-order valence-electron chi connectivity index (χ0n) is 17.7. The minimum atomic E-state index is -1.07. The summed E-state index contributed by atoms with van der Waals surface area (Å²) >= 11 is 1.34. The molecule has 2 heterocycles. The fraction of sp³-hybridized carbons (Fsp3) is 0.250. The van der Waals surface area contributed by atoms with Gasteiger partial charge in [-0.3, -0.25) is 9.78 Å². The molecule has 2 aromatic heterocycles. The van der Waals surface area contributed by atoms with Crippen molar-refractivity contribution >= 4 is 34.2 Å². The predicted molar refractivity (Wildman–Crippen MR) is 121 cm³/mol. The van der Waals surface area contributed by atoms with Crippen molar-refractivity contribution in [1.82, 2.24) is 4.98 Å². The van der Waals surface area contributed by atoms with Crippen LogP contribution in [0.4, 0.5) is 5.00 Å². The number of ether oxygens (including phenoxy) is 2. The Balaban J connectivity index is 1.60. The number of nitrogens with one attached hydrogen (secondary N) is 1. The van der Waals surface area contributed by atoms with Gasteiger partial charge in [0.05, 0.1) is 17.7 Å². The third-order valence-corrected chi connectivity index (χ3v) is 6.36. The fourth-order valence-corrected chi connectivity index (χ4v) is 4.93. The van der Waals surface area contributed by atoms with E-state index < -0.39 is 23.9 Å². The van der Waals surface area contributed by atoms with E-state index in [1.54, 1.807) is 25.3 Å². The zero-order valence-corrected chi connectivity index (χ0v) is 18.5. The quantitative estimate of drug-likeness (QED) is 0.564. The molecule has 0 spiro atoms. The van der Waals surface area contributed by atoms with Gasteiger partial charge in [0.2, 0.25) is 0 Å². The fourth-order valence-electron chi connectivity index (χ4n) is 3.63. The van der Waals surface area contributed by atoms with Crippen LogP contribution in [0.1, 0.15) is 45.7 Å². The summed E-state index contributed by atoms with van der Waals surface area (Å²) in [6.07, 6.45) is 3.33. The second-order valence-corrected chi connectivity index (χ2v) is 8.29. The number of amides is 1. The van der Waals surface area contributed by atoms with Gasteiger partial charge in [-0.05, 0) is 55.5 Å². The van der Waals surface area contributed by atoms with Crippen LogP contribution in [0.3, 0.4) is 0 Å². The van der Waals surface area contributed by atoms with E-state index in [2.05, 4.69) is 16.4 Å². The Morgan fingerprint density at radius 2 is 1.94 bits per heavy atom. The Bertz CT molecular complexity index is 1170. The van der Waals surface area contributed by atoms with E-state index in [1.165, 1.54) is 30.0 Å². The lowest BCUT2D eigenvalue weighted by Crippen LogP contribution is -2.30. The summed E-state index contributed by atoms with van der Waals surface area (Å²) in [4.78, 5) is 42.7. The molecule has 1 unspecified atom stereocenters. The molecular weight excluding hydrogens is 428 g/mol. The number of carbonyl (C=O) groups excluding carboxylic acids is 3. The zero-order chi connectivity index (χ0) is 22.7. The molecule has 4 rings (SSSR count). The number of hydrogen-bond acceptors (Lipinski definition) is 7. The second kappa shape index (κ2) is 9.32. The monoisotopic (exact) mass is 450 g/mol. The molecule has 0 aliphatic heterocycles. The minimum absolute atomic E-state index is 0.229. The highest BCUT2D eigenvalue weighted by atomic mass is 32.1. The highest BCUT2D eigenvalue weighted by molar-refractivity contribution is 7.20. The summed E-state index contributed by atoms with van der Waals surface area (Å²) in [7, 11) is 0.